The molecule has 1 atom stereocenters. The van der Waals surface area contributed by atoms with E-state index in [4.69, 9.17) is 5.11 Å². The molecule has 0 aliphatic heterocycles. The summed E-state index contributed by atoms with van der Waals surface area (Å²) in [5, 5.41) is 11.3. The Morgan fingerprint density at radius 3 is 2.06 bits per heavy atom. The largest absolute Gasteiger partial charge is 0.480 e. The van der Waals surface area contributed by atoms with Gasteiger partial charge in [-0.15, -0.1) is 0 Å². The lowest BCUT2D eigenvalue weighted by molar-refractivity contribution is -0.141. The first kappa shape index (κ1) is 15.3. The molecule has 0 fully saturated rings. The zero-order valence-electron chi connectivity index (χ0n) is 9.90. The number of carbonyl (C=O) groups excluding carboxylic acids is 1. The lowest BCUT2D eigenvalue weighted by Crippen LogP contribution is -2.44. The summed E-state index contributed by atoms with van der Waals surface area (Å²) < 4.78 is 0. The Kier molecular flexibility index (Phi) is 8.07. The summed E-state index contributed by atoms with van der Waals surface area (Å²) >= 11 is 3.91. The maximum atomic E-state index is 11.8. The van der Waals surface area contributed by atoms with Crippen molar-refractivity contribution in [2.24, 2.45) is 5.92 Å². The van der Waals surface area contributed by atoms with Crippen molar-refractivity contribution in [2.75, 3.05) is 5.75 Å². The summed E-state index contributed by atoms with van der Waals surface area (Å²) in [5.74, 6) is -1.15. The molecule has 2 N–H and O–H groups in total. The maximum Gasteiger partial charge on any atom is 0.327 e. The number of hydrogen-bond donors (Lipinski definition) is 3. The van der Waals surface area contributed by atoms with Gasteiger partial charge < -0.3 is 10.4 Å². The molecule has 0 heterocycles. The first-order chi connectivity index (χ1) is 7.56. The van der Waals surface area contributed by atoms with Gasteiger partial charge in [0, 0.05) is 11.7 Å². The summed E-state index contributed by atoms with van der Waals surface area (Å²) in [6.45, 7) is 4.03. The molecule has 4 nitrogen and oxygen atoms in total. The van der Waals surface area contributed by atoms with Crippen LogP contribution in [-0.2, 0) is 9.59 Å². The van der Waals surface area contributed by atoms with E-state index in [-0.39, 0.29) is 17.6 Å². The van der Waals surface area contributed by atoms with Gasteiger partial charge in [-0.05, 0) is 12.8 Å². The van der Waals surface area contributed by atoms with Gasteiger partial charge in [-0.25, -0.2) is 4.79 Å². The lowest BCUT2D eigenvalue weighted by Gasteiger charge is -2.18. The predicted octanol–water partition coefficient (Wildman–Crippen LogP) is 1.70. The van der Waals surface area contributed by atoms with Gasteiger partial charge in [0.1, 0.15) is 6.04 Å². The average Bonchev–Trinajstić information content (AvgIpc) is 2.24. The van der Waals surface area contributed by atoms with Gasteiger partial charge in [0.2, 0.25) is 5.91 Å². The van der Waals surface area contributed by atoms with Crippen LogP contribution in [0.2, 0.25) is 0 Å². The van der Waals surface area contributed by atoms with Crippen LogP contribution in [0.4, 0.5) is 0 Å². The van der Waals surface area contributed by atoms with Gasteiger partial charge in [-0.1, -0.05) is 26.7 Å². The number of carboxylic acid groups (broad SMARTS) is 1. The molecule has 0 saturated heterocycles. The summed E-state index contributed by atoms with van der Waals surface area (Å²) in [6.07, 6.45) is 3.46. The topological polar surface area (TPSA) is 66.4 Å². The summed E-state index contributed by atoms with van der Waals surface area (Å²) in [4.78, 5) is 22.5. The summed E-state index contributed by atoms with van der Waals surface area (Å²) in [5.41, 5.74) is 0. The van der Waals surface area contributed by atoms with Crippen LogP contribution in [0.1, 0.15) is 39.5 Å². The molecular formula is C11H21NO3S. The van der Waals surface area contributed by atoms with Gasteiger partial charge >= 0.3 is 5.97 Å². The molecule has 1 amide bonds. The molecule has 5 heteroatoms. The smallest absolute Gasteiger partial charge is 0.327 e. The SMILES string of the molecule is CCCC(CCC)C(=O)N[C@@H](CS)C(=O)O. The predicted molar refractivity (Wildman–Crippen MR) is 66.7 cm³/mol. The van der Waals surface area contributed by atoms with Crippen molar-refractivity contribution in [3.8, 4) is 0 Å². The van der Waals surface area contributed by atoms with E-state index in [0.29, 0.717) is 0 Å². The van der Waals surface area contributed by atoms with Crippen LogP contribution in [0, 0.1) is 5.92 Å². The standard InChI is InChI=1S/C11H21NO3S/c1-3-5-8(6-4-2)10(13)12-9(7-16)11(14)15/h8-9,16H,3-7H2,1-2H3,(H,12,13)(H,14,15)/t9-/m0/s1. The van der Waals surface area contributed by atoms with Gasteiger partial charge in [0.15, 0.2) is 0 Å². The Labute approximate surface area is 102 Å². The fourth-order valence-corrected chi connectivity index (χ4v) is 1.83. The highest BCUT2D eigenvalue weighted by molar-refractivity contribution is 7.80. The highest BCUT2D eigenvalue weighted by Gasteiger charge is 2.23. The van der Waals surface area contributed by atoms with Gasteiger partial charge in [0.05, 0.1) is 0 Å². The van der Waals surface area contributed by atoms with E-state index in [0.717, 1.165) is 25.7 Å². The molecule has 0 saturated carbocycles. The minimum Gasteiger partial charge on any atom is -0.480 e. The van der Waals surface area contributed by atoms with E-state index in [1.807, 2.05) is 13.8 Å². The molecule has 0 bridgehead atoms. The van der Waals surface area contributed by atoms with Crippen molar-refractivity contribution < 1.29 is 14.7 Å². The highest BCUT2D eigenvalue weighted by atomic mass is 32.1. The highest BCUT2D eigenvalue weighted by Crippen LogP contribution is 2.13. The number of thiol groups is 1. The second-order valence-electron chi connectivity index (χ2n) is 3.86. The number of aliphatic carboxylic acids is 1. The fourth-order valence-electron chi connectivity index (χ4n) is 1.58. The first-order valence-electron chi connectivity index (χ1n) is 5.70. The lowest BCUT2D eigenvalue weighted by atomic mass is 9.97. The summed E-state index contributed by atoms with van der Waals surface area (Å²) in [6, 6.07) is -0.882. The molecule has 0 radical (unpaired) electrons. The second-order valence-corrected chi connectivity index (χ2v) is 4.22. The molecule has 0 aromatic rings. The molecule has 0 aliphatic carbocycles. The monoisotopic (exact) mass is 247 g/mol. The zero-order valence-corrected chi connectivity index (χ0v) is 10.8. The number of hydrogen-bond acceptors (Lipinski definition) is 3. The average molecular weight is 247 g/mol. The van der Waals surface area contributed by atoms with Crippen LogP contribution in [0.5, 0.6) is 0 Å². The van der Waals surface area contributed by atoms with Crippen molar-refractivity contribution in [3.63, 3.8) is 0 Å². The van der Waals surface area contributed by atoms with Crippen molar-refractivity contribution in [2.45, 2.75) is 45.6 Å². The van der Waals surface area contributed by atoms with Gasteiger partial charge in [-0.2, -0.15) is 12.6 Å². The normalized spacial score (nSPS) is 12.5. The van der Waals surface area contributed by atoms with Crippen molar-refractivity contribution in [1.29, 1.82) is 0 Å². The molecular weight excluding hydrogens is 226 g/mol. The molecule has 0 aromatic carbocycles. The Balaban J connectivity index is 4.32. The van der Waals surface area contributed by atoms with Gasteiger partial charge in [-0.3, -0.25) is 4.79 Å². The quantitative estimate of drug-likeness (QED) is 0.572. The first-order valence-corrected chi connectivity index (χ1v) is 6.34. The number of nitrogens with one attached hydrogen (secondary N) is 1. The third-order valence-electron chi connectivity index (χ3n) is 2.44. The number of carbonyl (C=O) groups is 2. The van der Waals surface area contributed by atoms with Crippen LogP contribution in [-0.4, -0.2) is 28.8 Å². The van der Waals surface area contributed by atoms with Crippen LogP contribution >= 0.6 is 12.6 Å². The third-order valence-corrected chi connectivity index (χ3v) is 2.81. The Morgan fingerprint density at radius 2 is 1.75 bits per heavy atom. The minimum atomic E-state index is -1.03. The van der Waals surface area contributed by atoms with Crippen LogP contribution < -0.4 is 5.32 Å². The number of amides is 1. The Hall–Kier alpha value is -0.710. The van der Waals surface area contributed by atoms with Gasteiger partial charge in [0.25, 0.3) is 0 Å². The molecule has 0 spiro atoms. The van der Waals surface area contributed by atoms with Crippen molar-refractivity contribution in [3.05, 3.63) is 0 Å². The third kappa shape index (κ3) is 5.39. The molecule has 94 valence electrons. The maximum absolute atomic E-state index is 11.8. The number of carboxylic acids is 1. The Bertz CT molecular complexity index is 227. The van der Waals surface area contributed by atoms with Crippen molar-refractivity contribution in [1.82, 2.24) is 5.32 Å². The molecule has 0 aromatic heterocycles. The fraction of sp³-hybridized carbons (Fsp3) is 0.818. The summed E-state index contributed by atoms with van der Waals surface area (Å²) in [7, 11) is 0. The van der Waals surface area contributed by atoms with Crippen LogP contribution in [0.3, 0.4) is 0 Å². The zero-order chi connectivity index (χ0) is 12.6. The van der Waals surface area contributed by atoms with E-state index in [2.05, 4.69) is 17.9 Å². The molecule has 0 unspecified atom stereocenters. The van der Waals surface area contributed by atoms with Crippen molar-refractivity contribution >= 4 is 24.5 Å². The molecule has 0 aliphatic rings. The number of rotatable bonds is 8. The van der Waals surface area contributed by atoms with E-state index >= 15 is 0 Å². The van der Waals surface area contributed by atoms with Crippen LogP contribution in [0.15, 0.2) is 0 Å². The second kappa shape index (κ2) is 8.44. The minimum absolute atomic E-state index is 0.0725. The molecule has 16 heavy (non-hydrogen) atoms. The molecule has 0 rings (SSSR count). The van der Waals surface area contributed by atoms with E-state index in [1.54, 1.807) is 0 Å². The van der Waals surface area contributed by atoms with E-state index in [1.165, 1.54) is 0 Å². The Morgan fingerprint density at radius 1 is 1.25 bits per heavy atom. The van der Waals surface area contributed by atoms with E-state index < -0.39 is 12.0 Å². The van der Waals surface area contributed by atoms with Crippen LogP contribution in [0.25, 0.3) is 0 Å². The van der Waals surface area contributed by atoms with E-state index in [9.17, 15) is 9.59 Å².